The van der Waals surface area contributed by atoms with Gasteiger partial charge in [-0.1, -0.05) is 24.9 Å². The molecule has 0 bridgehead atoms. The molecule has 0 unspecified atom stereocenters. The summed E-state index contributed by atoms with van der Waals surface area (Å²) in [6.07, 6.45) is -1.51. The molecule has 0 atom stereocenters. The van der Waals surface area contributed by atoms with E-state index in [1.54, 1.807) is 12.1 Å². The third-order valence-corrected chi connectivity index (χ3v) is 4.64. The number of rotatable bonds is 8. The van der Waals surface area contributed by atoms with Crippen LogP contribution in [0.5, 0.6) is 11.5 Å². The van der Waals surface area contributed by atoms with Gasteiger partial charge in [0.15, 0.2) is 23.0 Å². The van der Waals surface area contributed by atoms with Crippen molar-refractivity contribution in [3.8, 4) is 11.5 Å². The van der Waals surface area contributed by atoms with Crippen molar-refractivity contribution in [2.24, 2.45) is 0 Å². The van der Waals surface area contributed by atoms with Crippen LogP contribution in [0.1, 0.15) is 41.5 Å². The maximum atomic E-state index is 13.2. The zero-order valence-electron chi connectivity index (χ0n) is 16.8. The molecule has 31 heavy (non-hydrogen) atoms. The molecule has 0 spiro atoms. The fourth-order valence-corrected chi connectivity index (χ4v) is 3.06. The van der Waals surface area contributed by atoms with Crippen molar-refractivity contribution in [1.29, 1.82) is 0 Å². The number of hydrogen-bond donors (Lipinski definition) is 1. The standard InChI is InChI=1S/C20H20ClF3N4O3/c1-3-4-7-31-15-6-5-12(8-16(15)30-2)19(29)25-10-17-26-27-18-14(20(22,23)24)9-13(21)11-28(17)18/h5-6,8-9,11H,3-4,7,10H2,1-2H3,(H,25,29). The number of methoxy groups -OCH3 is 1. The number of ether oxygens (including phenoxy) is 2. The number of pyridine rings is 1. The van der Waals surface area contributed by atoms with Crippen molar-refractivity contribution >= 4 is 23.2 Å². The van der Waals surface area contributed by atoms with Crippen molar-refractivity contribution in [3.05, 3.63) is 52.4 Å². The summed E-state index contributed by atoms with van der Waals surface area (Å²) >= 11 is 5.82. The lowest BCUT2D eigenvalue weighted by Gasteiger charge is -2.12. The molecule has 2 aromatic heterocycles. The second-order valence-electron chi connectivity index (χ2n) is 6.63. The molecule has 1 amide bonds. The molecule has 0 fully saturated rings. The largest absolute Gasteiger partial charge is 0.493 e. The zero-order chi connectivity index (χ0) is 22.6. The average Bonchev–Trinajstić information content (AvgIpc) is 3.13. The van der Waals surface area contributed by atoms with Gasteiger partial charge in [-0.2, -0.15) is 13.2 Å². The molecule has 7 nitrogen and oxygen atoms in total. The van der Waals surface area contributed by atoms with E-state index in [-0.39, 0.29) is 17.4 Å². The number of carbonyl (C=O) groups is 1. The van der Waals surface area contributed by atoms with Crippen molar-refractivity contribution in [2.45, 2.75) is 32.5 Å². The third kappa shape index (κ3) is 5.19. The minimum absolute atomic E-state index is 0.0998. The highest BCUT2D eigenvalue weighted by atomic mass is 35.5. The second-order valence-corrected chi connectivity index (χ2v) is 7.07. The monoisotopic (exact) mass is 456 g/mol. The second kappa shape index (κ2) is 9.42. The Hall–Kier alpha value is -3.01. The molecule has 0 saturated carbocycles. The summed E-state index contributed by atoms with van der Waals surface area (Å²) in [4.78, 5) is 12.5. The zero-order valence-corrected chi connectivity index (χ0v) is 17.5. The van der Waals surface area contributed by atoms with E-state index >= 15 is 0 Å². The lowest BCUT2D eigenvalue weighted by atomic mass is 10.2. The van der Waals surface area contributed by atoms with Gasteiger partial charge in [0.1, 0.15) is 5.56 Å². The van der Waals surface area contributed by atoms with Crippen molar-refractivity contribution in [3.63, 3.8) is 0 Å². The number of hydrogen-bond acceptors (Lipinski definition) is 5. The summed E-state index contributed by atoms with van der Waals surface area (Å²) in [5, 5.41) is 9.84. The van der Waals surface area contributed by atoms with Crippen LogP contribution >= 0.6 is 11.6 Å². The molecule has 3 aromatic rings. The van der Waals surface area contributed by atoms with Gasteiger partial charge in [-0.25, -0.2) is 0 Å². The number of unbranched alkanes of at least 4 members (excludes halogenated alkanes) is 1. The Morgan fingerprint density at radius 2 is 2.00 bits per heavy atom. The van der Waals surface area contributed by atoms with Crippen LogP contribution < -0.4 is 14.8 Å². The summed E-state index contributed by atoms with van der Waals surface area (Å²) in [6.45, 7) is 2.42. The molecule has 1 N–H and O–H groups in total. The Kier molecular flexibility index (Phi) is 6.89. The average molecular weight is 457 g/mol. The van der Waals surface area contributed by atoms with Gasteiger partial charge in [0.2, 0.25) is 0 Å². The molecule has 0 aliphatic rings. The van der Waals surface area contributed by atoms with E-state index in [0.29, 0.717) is 23.7 Å². The van der Waals surface area contributed by atoms with Crippen LogP contribution in [0.15, 0.2) is 30.5 Å². The van der Waals surface area contributed by atoms with Gasteiger partial charge in [0, 0.05) is 11.8 Å². The number of nitrogens with one attached hydrogen (secondary N) is 1. The Bertz CT molecular complexity index is 1090. The lowest BCUT2D eigenvalue weighted by Crippen LogP contribution is -2.24. The highest BCUT2D eigenvalue weighted by molar-refractivity contribution is 6.30. The Morgan fingerprint density at radius 3 is 2.68 bits per heavy atom. The number of nitrogens with zero attached hydrogens (tertiary/aromatic N) is 3. The molecule has 0 aliphatic heterocycles. The molecular weight excluding hydrogens is 437 g/mol. The fraction of sp³-hybridized carbons (Fsp3) is 0.350. The first-order valence-corrected chi connectivity index (χ1v) is 9.81. The quantitative estimate of drug-likeness (QED) is 0.504. The van der Waals surface area contributed by atoms with Gasteiger partial charge in [0.05, 0.1) is 25.3 Å². The van der Waals surface area contributed by atoms with E-state index in [1.807, 2.05) is 6.92 Å². The first kappa shape index (κ1) is 22.7. The maximum absolute atomic E-state index is 13.2. The van der Waals surface area contributed by atoms with Crippen molar-refractivity contribution in [1.82, 2.24) is 19.9 Å². The first-order chi connectivity index (χ1) is 14.7. The van der Waals surface area contributed by atoms with Crippen LogP contribution in [0.4, 0.5) is 13.2 Å². The highest BCUT2D eigenvalue weighted by Crippen LogP contribution is 2.34. The summed E-state index contributed by atoms with van der Waals surface area (Å²) in [7, 11) is 1.47. The molecule has 2 heterocycles. The Labute approximate surface area is 181 Å². The number of fused-ring (bicyclic) bond motifs is 1. The number of alkyl halides is 3. The third-order valence-electron chi connectivity index (χ3n) is 4.44. The molecule has 0 radical (unpaired) electrons. The number of carbonyl (C=O) groups excluding carboxylic acids is 1. The first-order valence-electron chi connectivity index (χ1n) is 9.44. The molecule has 0 saturated heterocycles. The summed E-state index contributed by atoms with van der Waals surface area (Å²) in [6, 6.07) is 5.51. The summed E-state index contributed by atoms with van der Waals surface area (Å²) in [5.74, 6) is 0.555. The minimum Gasteiger partial charge on any atom is -0.493 e. The predicted octanol–water partition coefficient (Wildman–Crippen LogP) is 4.52. The number of amides is 1. The molecular formula is C20H20ClF3N4O3. The van der Waals surface area contributed by atoms with E-state index in [2.05, 4.69) is 15.5 Å². The maximum Gasteiger partial charge on any atom is 0.420 e. The molecule has 166 valence electrons. The number of aromatic nitrogens is 3. The lowest BCUT2D eigenvalue weighted by molar-refractivity contribution is -0.136. The fourth-order valence-electron chi connectivity index (χ4n) is 2.85. The summed E-state index contributed by atoms with van der Waals surface area (Å²) < 4.78 is 51.7. The smallest absolute Gasteiger partial charge is 0.420 e. The Morgan fingerprint density at radius 1 is 1.23 bits per heavy atom. The summed E-state index contributed by atoms with van der Waals surface area (Å²) in [5.41, 5.74) is -1.10. The van der Waals surface area contributed by atoms with E-state index in [4.69, 9.17) is 21.1 Å². The van der Waals surface area contributed by atoms with Crippen LogP contribution in [0.25, 0.3) is 5.65 Å². The van der Waals surface area contributed by atoms with Gasteiger partial charge in [0.25, 0.3) is 5.91 Å². The number of benzene rings is 1. The van der Waals surface area contributed by atoms with Crippen LogP contribution in [0.2, 0.25) is 5.02 Å². The minimum atomic E-state index is -4.64. The van der Waals surface area contributed by atoms with E-state index in [1.165, 1.54) is 19.4 Å². The van der Waals surface area contributed by atoms with Crippen molar-refractivity contribution in [2.75, 3.05) is 13.7 Å². The van der Waals surface area contributed by atoms with Crippen LogP contribution in [0.3, 0.4) is 0 Å². The predicted molar refractivity (Wildman–Crippen MR) is 108 cm³/mol. The van der Waals surface area contributed by atoms with Crippen LogP contribution in [-0.4, -0.2) is 34.2 Å². The normalized spacial score (nSPS) is 11.5. The Balaban J connectivity index is 1.76. The van der Waals surface area contributed by atoms with Gasteiger partial charge >= 0.3 is 6.18 Å². The SMILES string of the molecule is CCCCOc1ccc(C(=O)NCc2nnc3c(C(F)(F)F)cc(Cl)cn23)cc1OC. The van der Waals surface area contributed by atoms with Crippen LogP contribution in [-0.2, 0) is 12.7 Å². The van der Waals surface area contributed by atoms with Gasteiger partial charge in [-0.15, -0.1) is 10.2 Å². The van der Waals surface area contributed by atoms with Crippen molar-refractivity contribution < 1.29 is 27.4 Å². The molecule has 3 rings (SSSR count). The van der Waals surface area contributed by atoms with E-state index < -0.39 is 23.3 Å². The molecule has 0 aliphatic carbocycles. The van der Waals surface area contributed by atoms with Gasteiger partial charge in [-0.05, 0) is 30.7 Å². The highest BCUT2D eigenvalue weighted by Gasteiger charge is 2.35. The number of halogens is 4. The van der Waals surface area contributed by atoms with Gasteiger partial charge in [-0.3, -0.25) is 9.20 Å². The molecule has 1 aromatic carbocycles. The van der Waals surface area contributed by atoms with E-state index in [9.17, 15) is 18.0 Å². The topological polar surface area (TPSA) is 77.8 Å². The van der Waals surface area contributed by atoms with Gasteiger partial charge < -0.3 is 14.8 Å². The van der Waals surface area contributed by atoms with E-state index in [0.717, 1.165) is 23.3 Å². The molecule has 11 heteroatoms. The van der Waals surface area contributed by atoms with Crippen LogP contribution in [0, 0.1) is 0 Å².